The van der Waals surface area contributed by atoms with E-state index in [2.05, 4.69) is 33.4 Å². The molecule has 7 heteroatoms. The molecule has 2 aromatic heterocycles. The van der Waals surface area contributed by atoms with E-state index in [1.54, 1.807) is 18.3 Å². The number of H-pyrrole nitrogens is 1. The van der Waals surface area contributed by atoms with Crippen molar-refractivity contribution in [3.05, 3.63) is 55.8 Å². The van der Waals surface area contributed by atoms with Crippen LogP contribution >= 0.6 is 0 Å². The number of hydrogen-bond donors (Lipinski definition) is 2. The highest BCUT2D eigenvalue weighted by molar-refractivity contribution is 6.02. The molecule has 0 saturated heterocycles. The van der Waals surface area contributed by atoms with Crippen molar-refractivity contribution in [1.82, 2.24) is 19.5 Å². The summed E-state index contributed by atoms with van der Waals surface area (Å²) < 4.78 is 6.73. The second-order valence-corrected chi connectivity index (χ2v) is 4.84. The van der Waals surface area contributed by atoms with E-state index >= 15 is 0 Å². The van der Waals surface area contributed by atoms with E-state index in [4.69, 9.17) is 4.74 Å². The molecule has 0 saturated carbocycles. The molecule has 0 unspecified atom stereocenters. The Morgan fingerprint density at radius 1 is 1.48 bits per heavy atom. The van der Waals surface area contributed by atoms with Crippen molar-refractivity contribution < 1.29 is 9.53 Å². The topological polar surface area (TPSA) is 84.8 Å². The zero-order valence-corrected chi connectivity index (χ0v) is 12.5. The van der Waals surface area contributed by atoms with Gasteiger partial charge in [-0.15, -0.1) is 0 Å². The number of hydrogen-bond acceptors (Lipinski definition) is 4. The smallest absolute Gasteiger partial charge is 0.290 e. The van der Waals surface area contributed by atoms with Gasteiger partial charge in [0.25, 0.3) is 5.91 Å². The molecule has 0 aliphatic carbocycles. The van der Waals surface area contributed by atoms with E-state index in [0.29, 0.717) is 11.5 Å². The Hall–Kier alpha value is -3.35. The summed E-state index contributed by atoms with van der Waals surface area (Å²) in [6.45, 7) is 6.89. The number of rotatable bonds is 5. The molecule has 116 valence electrons. The Balaban J connectivity index is 1.88. The fourth-order valence-electron chi connectivity index (χ4n) is 2.14. The quantitative estimate of drug-likeness (QED) is 0.560. The molecule has 3 rings (SSSR count). The molecule has 0 aliphatic rings. The van der Waals surface area contributed by atoms with Gasteiger partial charge < -0.3 is 19.6 Å². The minimum atomic E-state index is -0.441. The number of carbonyl (C=O) groups is 1. The summed E-state index contributed by atoms with van der Waals surface area (Å²) >= 11 is 0. The summed E-state index contributed by atoms with van der Waals surface area (Å²) in [7, 11) is 1.90. The predicted octanol–water partition coefficient (Wildman–Crippen LogP) is 2.58. The second-order valence-electron chi connectivity index (χ2n) is 4.84. The maximum Gasteiger partial charge on any atom is 0.290 e. The number of aryl methyl sites for hydroxylation is 1. The molecule has 0 atom stereocenters. The van der Waals surface area contributed by atoms with Gasteiger partial charge in [-0.3, -0.25) is 4.79 Å². The molecular weight excluding hydrogens is 294 g/mol. The third kappa shape index (κ3) is 2.84. The number of aromatic amines is 1. The van der Waals surface area contributed by atoms with E-state index in [1.165, 1.54) is 0 Å². The fraction of sp³-hybridized carbons (Fsp3) is 0.0625. The Morgan fingerprint density at radius 2 is 2.30 bits per heavy atom. The largest absolute Gasteiger partial charge is 0.460 e. The van der Waals surface area contributed by atoms with Gasteiger partial charge in [0, 0.05) is 25.1 Å². The van der Waals surface area contributed by atoms with Crippen LogP contribution in [-0.4, -0.2) is 25.4 Å². The number of carbonyl (C=O) groups excluding carboxylic acids is 1. The van der Waals surface area contributed by atoms with E-state index in [9.17, 15) is 4.79 Å². The van der Waals surface area contributed by atoms with Gasteiger partial charge in [-0.1, -0.05) is 13.2 Å². The van der Waals surface area contributed by atoms with Crippen LogP contribution in [0, 0.1) is 0 Å². The maximum atomic E-state index is 11.9. The maximum absolute atomic E-state index is 11.9. The summed E-state index contributed by atoms with van der Waals surface area (Å²) in [6.07, 6.45) is 4.71. The second kappa shape index (κ2) is 5.80. The van der Waals surface area contributed by atoms with Gasteiger partial charge in [-0.05, 0) is 18.2 Å². The first kappa shape index (κ1) is 14.6. The molecule has 0 aliphatic heterocycles. The van der Waals surface area contributed by atoms with Crippen molar-refractivity contribution in [1.29, 1.82) is 0 Å². The minimum absolute atomic E-state index is 0.0316. The molecule has 7 nitrogen and oxygen atoms in total. The van der Waals surface area contributed by atoms with Gasteiger partial charge in [0.05, 0.1) is 17.3 Å². The predicted molar refractivity (Wildman–Crippen MR) is 87.3 cm³/mol. The minimum Gasteiger partial charge on any atom is -0.460 e. The van der Waals surface area contributed by atoms with Crippen molar-refractivity contribution in [3.8, 4) is 11.6 Å². The van der Waals surface area contributed by atoms with Crippen molar-refractivity contribution in [3.63, 3.8) is 0 Å². The lowest BCUT2D eigenvalue weighted by atomic mass is 10.2. The number of nitrogens with one attached hydrogen (secondary N) is 2. The van der Waals surface area contributed by atoms with E-state index in [0.717, 1.165) is 23.1 Å². The first-order chi connectivity index (χ1) is 11.1. The highest BCUT2D eigenvalue weighted by Gasteiger charge is 2.12. The van der Waals surface area contributed by atoms with Crippen molar-refractivity contribution >= 4 is 22.6 Å². The van der Waals surface area contributed by atoms with Crippen LogP contribution in [-0.2, 0) is 16.6 Å². The molecular formula is C16H15N5O2. The van der Waals surface area contributed by atoms with Gasteiger partial charge in [0.15, 0.2) is 17.4 Å². The molecule has 2 heterocycles. The van der Waals surface area contributed by atoms with E-state index < -0.39 is 5.91 Å². The normalized spacial score (nSPS) is 10.5. The summed E-state index contributed by atoms with van der Waals surface area (Å²) in [5.74, 6) is 0.926. The lowest BCUT2D eigenvalue weighted by Gasteiger charge is -2.06. The molecule has 0 fully saturated rings. The molecule has 1 aromatic carbocycles. The average Bonchev–Trinajstić information content (AvgIpc) is 3.12. The summed E-state index contributed by atoms with van der Waals surface area (Å²) in [6, 6.07) is 5.36. The number of anilines is 1. The van der Waals surface area contributed by atoms with Crippen LogP contribution in [0.25, 0.3) is 22.7 Å². The Morgan fingerprint density at radius 3 is 3.00 bits per heavy atom. The van der Waals surface area contributed by atoms with Crippen molar-refractivity contribution in [2.24, 2.45) is 7.05 Å². The first-order valence-corrected chi connectivity index (χ1v) is 6.84. The van der Waals surface area contributed by atoms with Crippen LogP contribution < -0.4 is 5.32 Å². The molecule has 3 aromatic rings. The Labute approximate surface area is 132 Å². The number of fused-ring (bicyclic) bond motifs is 1. The van der Waals surface area contributed by atoms with Crippen LogP contribution in [0.3, 0.4) is 0 Å². The molecule has 2 N–H and O–H groups in total. The van der Waals surface area contributed by atoms with Crippen molar-refractivity contribution in [2.75, 3.05) is 5.32 Å². The lowest BCUT2D eigenvalue weighted by Crippen LogP contribution is -2.14. The molecule has 1 amide bonds. The van der Waals surface area contributed by atoms with Crippen LogP contribution in [0.5, 0.6) is 0 Å². The number of nitrogens with zero attached hydrogens (tertiary/aromatic N) is 3. The first-order valence-electron chi connectivity index (χ1n) is 6.84. The van der Waals surface area contributed by atoms with Crippen LogP contribution in [0.4, 0.5) is 5.69 Å². The monoisotopic (exact) mass is 309 g/mol. The molecule has 23 heavy (non-hydrogen) atoms. The van der Waals surface area contributed by atoms with Crippen molar-refractivity contribution in [2.45, 2.75) is 0 Å². The van der Waals surface area contributed by atoms with E-state index in [1.807, 2.05) is 23.9 Å². The third-order valence-corrected chi connectivity index (χ3v) is 3.25. The highest BCUT2D eigenvalue weighted by Crippen LogP contribution is 2.22. The highest BCUT2D eigenvalue weighted by atomic mass is 16.5. The number of benzene rings is 1. The van der Waals surface area contributed by atoms with Gasteiger partial charge in [0.1, 0.15) is 0 Å². The Kier molecular flexibility index (Phi) is 3.68. The standard InChI is InChI=1S/C16H15N5O2/c1-4-23-10(2)16(22)18-11-5-6-12-13(9-11)20-14(19-12)15-17-7-8-21(15)3/h4-9H,1-2H2,3H3,(H,18,22)(H,19,20). The Bertz CT molecular complexity index is 906. The van der Waals surface area contributed by atoms with Gasteiger partial charge in [-0.2, -0.15) is 0 Å². The van der Waals surface area contributed by atoms with Crippen LogP contribution in [0.2, 0.25) is 0 Å². The van der Waals surface area contributed by atoms with Crippen LogP contribution in [0.15, 0.2) is 55.8 Å². The zero-order chi connectivity index (χ0) is 16.4. The lowest BCUT2D eigenvalue weighted by molar-refractivity contribution is -0.115. The third-order valence-electron chi connectivity index (χ3n) is 3.25. The summed E-state index contributed by atoms with van der Waals surface area (Å²) in [4.78, 5) is 23.8. The zero-order valence-electron chi connectivity index (χ0n) is 12.5. The number of imidazole rings is 2. The van der Waals surface area contributed by atoms with Crippen LogP contribution in [0.1, 0.15) is 0 Å². The molecule has 0 spiro atoms. The summed E-state index contributed by atoms with van der Waals surface area (Å²) in [5.41, 5.74) is 2.16. The number of ether oxygens (including phenoxy) is 1. The number of amides is 1. The molecule has 0 radical (unpaired) electrons. The van der Waals surface area contributed by atoms with Gasteiger partial charge >= 0.3 is 0 Å². The van der Waals surface area contributed by atoms with E-state index in [-0.39, 0.29) is 5.76 Å². The number of aromatic nitrogens is 4. The molecule has 0 bridgehead atoms. The fourth-order valence-corrected chi connectivity index (χ4v) is 2.14. The van der Waals surface area contributed by atoms with Gasteiger partial charge in [-0.25, -0.2) is 9.97 Å². The SMILES string of the molecule is C=COC(=C)C(=O)Nc1ccc2[nH]c(-c3nccn3C)nc2c1. The van der Waals surface area contributed by atoms with Gasteiger partial charge in [0.2, 0.25) is 0 Å². The average molecular weight is 309 g/mol. The summed E-state index contributed by atoms with van der Waals surface area (Å²) in [5, 5.41) is 2.69.